The van der Waals surface area contributed by atoms with E-state index < -0.39 is 11.7 Å². The maximum atomic E-state index is 13.4. The van der Waals surface area contributed by atoms with Gasteiger partial charge in [-0.25, -0.2) is 9.07 Å². The van der Waals surface area contributed by atoms with Crippen molar-refractivity contribution in [3.8, 4) is 0 Å². The van der Waals surface area contributed by atoms with Crippen LogP contribution in [-0.4, -0.2) is 33.1 Å². The second-order valence-electron chi connectivity index (χ2n) is 6.37. The number of nitrogens with one attached hydrogen (secondary N) is 2. The van der Waals surface area contributed by atoms with Crippen molar-refractivity contribution in [1.29, 1.82) is 0 Å². The van der Waals surface area contributed by atoms with Gasteiger partial charge in [0.25, 0.3) is 5.91 Å². The van der Waals surface area contributed by atoms with E-state index in [0.717, 1.165) is 10.5 Å². The van der Waals surface area contributed by atoms with Crippen molar-refractivity contribution >= 4 is 35.0 Å². The van der Waals surface area contributed by atoms with Crippen LogP contribution in [0.5, 0.6) is 0 Å². The third-order valence-corrected chi connectivity index (χ3v) is 5.02. The summed E-state index contributed by atoms with van der Waals surface area (Å²) in [6, 6.07) is 11.6. The molecule has 0 aliphatic heterocycles. The number of carbonyl (C=O) groups excluding carboxylic acids is 2. The van der Waals surface area contributed by atoms with E-state index in [9.17, 15) is 14.0 Å². The van der Waals surface area contributed by atoms with Gasteiger partial charge >= 0.3 is 0 Å². The van der Waals surface area contributed by atoms with Gasteiger partial charge in [0.2, 0.25) is 5.91 Å². The van der Waals surface area contributed by atoms with Crippen molar-refractivity contribution in [2.75, 3.05) is 16.9 Å². The zero-order chi connectivity index (χ0) is 21.0. The molecule has 9 heteroatoms. The van der Waals surface area contributed by atoms with Crippen LogP contribution in [0.2, 0.25) is 0 Å². The van der Waals surface area contributed by atoms with Gasteiger partial charge in [-0.1, -0.05) is 17.3 Å². The SMILES string of the molecule is CSc1cccc(NC(=O)Cn2nnc(C(=O)Nc3cc(F)ccc3C)c2C)c1. The molecule has 0 aliphatic rings. The lowest BCUT2D eigenvalue weighted by molar-refractivity contribution is -0.117. The van der Waals surface area contributed by atoms with E-state index in [4.69, 9.17) is 0 Å². The van der Waals surface area contributed by atoms with Crippen LogP contribution in [0.25, 0.3) is 0 Å². The van der Waals surface area contributed by atoms with Crippen LogP contribution in [-0.2, 0) is 11.3 Å². The molecule has 2 amide bonds. The highest BCUT2D eigenvalue weighted by Crippen LogP contribution is 2.19. The van der Waals surface area contributed by atoms with Gasteiger partial charge in [-0.15, -0.1) is 16.9 Å². The molecule has 2 aromatic carbocycles. The fourth-order valence-corrected chi connectivity index (χ4v) is 3.13. The average Bonchev–Trinajstić information content (AvgIpc) is 3.05. The van der Waals surface area contributed by atoms with Crippen LogP contribution in [0.15, 0.2) is 47.4 Å². The lowest BCUT2D eigenvalue weighted by atomic mass is 10.2. The summed E-state index contributed by atoms with van der Waals surface area (Å²) in [5.74, 6) is -1.26. The molecule has 0 atom stereocenters. The van der Waals surface area contributed by atoms with E-state index in [-0.39, 0.29) is 18.1 Å². The molecular formula is C20H20FN5O2S. The molecule has 0 fully saturated rings. The number of thioether (sulfide) groups is 1. The standard InChI is InChI=1S/C20H20FN5O2S/c1-12-7-8-14(21)9-17(12)23-20(28)19-13(2)26(25-24-19)11-18(27)22-15-5-4-6-16(10-15)29-3/h4-10H,11H2,1-3H3,(H,22,27)(H,23,28). The highest BCUT2D eigenvalue weighted by atomic mass is 32.2. The maximum absolute atomic E-state index is 13.4. The summed E-state index contributed by atoms with van der Waals surface area (Å²) in [6.45, 7) is 3.32. The number of benzene rings is 2. The minimum absolute atomic E-state index is 0.0749. The third-order valence-electron chi connectivity index (χ3n) is 4.29. The number of aryl methyl sites for hydroxylation is 1. The summed E-state index contributed by atoms with van der Waals surface area (Å²) in [6.07, 6.45) is 1.96. The van der Waals surface area contributed by atoms with Crippen LogP contribution in [0.1, 0.15) is 21.7 Å². The van der Waals surface area contributed by atoms with Crippen molar-refractivity contribution in [3.63, 3.8) is 0 Å². The first-order valence-electron chi connectivity index (χ1n) is 8.79. The van der Waals surface area contributed by atoms with Crippen molar-refractivity contribution < 1.29 is 14.0 Å². The van der Waals surface area contributed by atoms with Gasteiger partial charge in [0.1, 0.15) is 12.4 Å². The average molecular weight is 413 g/mol. The molecule has 0 radical (unpaired) electrons. The fourth-order valence-electron chi connectivity index (χ4n) is 2.67. The van der Waals surface area contributed by atoms with Crippen LogP contribution in [0.3, 0.4) is 0 Å². The van der Waals surface area contributed by atoms with E-state index in [0.29, 0.717) is 17.1 Å². The summed E-state index contributed by atoms with van der Waals surface area (Å²) in [5, 5.41) is 13.2. The quantitative estimate of drug-likeness (QED) is 0.602. The van der Waals surface area contributed by atoms with Gasteiger partial charge in [-0.05, 0) is 56.0 Å². The normalized spacial score (nSPS) is 10.6. The lowest BCUT2D eigenvalue weighted by Crippen LogP contribution is -2.21. The number of aromatic nitrogens is 3. The second kappa shape index (κ2) is 8.87. The molecular weight excluding hydrogens is 393 g/mol. The molecule has 1 aromatic heterocycles. The minimum Gasteiger partial charge on any atom is -0.324 e. The number of carbonyl (C=O) groups is 2. The fraction of sp³-hybridized carbons (Fsp3) is 0.200. The van der Waals surface area contributed by atoms with Crippen LogP contribution in [0, 0.1) is 19.7 Å². The highest BCUT2D eigenvalue weighted by molar-refractivity contribution is 7.98. The van der Waals surface area contributed by atoms with Gasteiger partial charge in [-0.3, -0.25) is 9.59 Å². The number of halogens is 1. The monoisotopic (exact) mass is 413 g/mol. The van der Waals surface area contributed by atoms with Crippen LogP contribution >= 0.6 is 11.8 Å². The molecule has 0 unspecified atom stereocenters. The van der Waals surface area contributed by atoms with Gasteiger partial charge in [-0.2, -0.15) is 0 Å². The van der Waals surface area contributed by atoms with Crippen molar-refractivity contribution in [3.05, 3.63) is 65.2 Å². The Kier molecular flexibility index (Phi) is 6.28. The van der Waals surface area contributed by atoms with Gasteiger partial charge in [0, 0.05) is 16.3 Å². The van der Waals surface area contributed by atoms with Gasteiger partial charge in [0.15, 0.2) is 5.69 Å². The number of hydrogen-bond acceptors (Lipinski definition) is 5. The molecule has 7 nitrogen and oxygen atoms in total. The molecule has 3 aromatic rings. The Hall–Kier alpha value is -3.20. The Bertz CT molecular complexity index is 1070. The molecule has 2 N–H and O–H groups in total. The molecule has 0 saturated carbocycles. The number of nitrogens with zero attached hydrogens (tertiary/aromatic N) is 3. The Morgan fingerprint density at radius 2 is 1.93 bits per heavy atom. The summed E-state index contributed by atoms with van der Waals surface area (Å²) < 4.78 is 14.8. The lowest BCUT2D eigenvalue weighted by Gasteiger charge is -2.08. The summed E-state index contributed by atoms with van der Waals surface area (Å²) in [4.78, 5) is 25.9. The number of amides is 2. The largest absolute Gasteiger partial charge is 0.324 e. The van der Waals surface area contributed by atoms with Crippen LogP contribution in [0.4, 0.5) is 15.8 Å². The minimum atomic E-state index is -0.518. The van der Waals surface area contributed by atoms with E-state index in [1.165, 1.54) is 16.8 Å². The first-order valence-corrected chi connectivity index (χ1v) is 10.0. The van der Waals surface area contributed by atoms with E-state index in [2.05, 4.69) is 20.9 Å². The molecule has 1 heterocycles. The molecule has 150 valence electrons. The third kappa shape index (κ3) is 5.00. The predicted molar refractivity (Wildman–Crippen MR) is 111 cm³/mol. The number of hydrogen-bond donors (Lipinski definition) is 2. The van der Waals surface area contributed by atoms with Crippen molar-refractivity contribution in [1.82, 2.24) is 15.0 Å². The van der Waals surface area contributed by atoms with Crippen molar-refractivity contribution in [2.24, 2.45) is 0 Å². The summed E-state index contributed by atoms with van der Waals surface area (Å²) in [5.41, 5.74) is 2.27. The predicted octanol–water partition coefficient (Wildman–Crippen LogP) is 3.65. The number of anilines is 2. The Balaban J connectivity index is 1.69. The number of rotatable bonds is 6. The zero-order valence-electron chi connectivity index (χ0n) is 16.2. The Labute approximate surface area is 171 Å². The molecule has 3 rings (SSSR count). The van der Waals surface area contributed by atoms with E-state index >= 15 is 0 Å². The molecule has 0 saturated heterocycles. The smallest absolute Gasteiger partial charge is 0.278 e. The second-order valence-corrected chi connectivity index (χ2v) is 7.25. The molecule has 0 aliphatic carbocycles. The zero-order valence-corrected chi connectivity index (χ0v) is 17.0. The van der Waals surface area contributed by atoms with Gasteiger partial charge in [0.05, 0.1) is 5.69 Å². The van der Waals surface area contributed by atoms with Crippen molar-refractivity contribution in [2.45, 2.75) is 25.3 Å². The van der Waals surface area contributed by atoms with Gasteiger partial charge < -0.3 is 10.6 Å². The Morgan fingerprint density at radius 1 is 1.14 bits per heavy atom. The molecule has 29 heavy (non-hydrogen) atoms. The highest BCUT2D eigenvalue weighted by Gasteiger charge is 2.19. The van der Waals surface area contributed by atoms with E-state index in [1.54, 1.807) is 37.7 Å². The summed E-state index contributed by atoms with van der Waals surface area (Å²) >= 11 is 1.58. The first kappa shape index (κ1) is 20.5. The van der Waals surface area contributed by atoms with Crippen LogP contribution < -0.4 is 10.6 Å². The topological polar surface area (TPSA) is 88.9 Å². The van der Waals surface area contributed by atoms with E-state index in [1.807, 2.05) is 24.5 Å². The Morgan fingerprint density at radius 3 is 2.69 bits per heavy atom. The molecule has 0 spiro atoms. The molecule has 0 bridgehead atoms. The summed E-state index contributed by atoms with van der Waals surface area (Å²) in [7, 11) is 0. The first-order chi connectivity index (χ1) is 13.9. The maximum Gasteiger partial charge on any atom is 0.278 e.